The second kappa shape index (κ2) is 11.2. The van der Waals surface area contributed by atoms with E-state index >= 15 is 0 Å². The van der Waals surface area contributed by atoms with Crippen molar-refractivity contribution in [3.63, 3.8) is 0 Å². The Bertz CT molecular complexity index is 1340. The Kier molecular flexibility index (Phi) is 7.78. The number of benzene rings is 2. The molecule has 2 heterocycles. The van der Waals surface area contributed by atoms with Crippen molar-refractivity contribution in [2.75, 3.05) is 0 Å². The highest BCUT2D eigenvalue weighted by atomic mass is 35.5. The molecule has 0 saturated heterocycles. The van der Waals surface area contributed by atoms with E-state index in [1.165, 1.54) is 0 Å². The SMILES string of the molecule is Cc1ccc(CC(=O)c2ccc(CC(=O)C(C)Cl)cc2)cc1Cc1nccc(-c2cccnc2)n1. The highest BCUT2D eigenvalue weighted by molar-refractivity contribution is 6.30. The third-order valence-electron chi connectivity index (χ3n) is 5.89. The maximum Gasteiger partial charge on any atom is 0.167 e. The van der Waals surface area contributed by atoms with Crippen molar-refractivity contribution < 1.29 is 9.59 Å². The van der Waals surface area contributed by atoms with Crippen LogP contribution < -0.4 is 0 Å². The van der Waals surface area contributed by atoms with Crippen molar-refractivity contribution in [1.82, 2.24) is 15.0 Å². The first-order valence-electron chi connectivity index (χ1n) is 11.5. The van der Waals surface area contributed by atoms with Gasteiger partial charge < -0.3 is 0 Å². The Morgan fingerprint density at radius 3 is 2.43 bits per heavy atom. The van der Waals surface area contributed by atoms with Crippen molar-refractivity contribution in [1.29, 1.82) is 0 Å². The molecule has 0 amide bonds. The highest BCUT2D eigenvalue weighted by Gasteiger charge is 2.13. The zero-order chi connectivity index (χ0) is 24.8. The van der Waals surface area contributed by atoms with Gasteiger partial charge in [-0.05, 0) is 54.3 Å². The van der Waals surface area contributed by atoms with E-state index in [9.17, 15) is 9.59 Å². The van der Waals surface area contributed by atoms with E-state index in [0.717, 1.165) is 33.5 Å². The molecule has 6 heteroatoms. The minimum Gasteiger partial charge on any atom is -0.298 e. The zero-order valence-corrected chi connectivity index (χ0v) is 20.5. The average molecular weight is 484 g/mol. The quantitative estimate of drug-likeness (QED) is 0.229. The van der Waals surface area contributed by atoms with Crippen LogP contribution in [0.3, 0.4) is 0 Å². The fourth-order valence-electron chi connectivity index (χ4n) is 3.79. The lowest BCUT2D eigenvalue weighted by Gasteiger charge is -2.10. The molecule has 4 aromatic rings. The lowest BCUT2D eigenvalue weighted by atomic mass is 9.96. The Labute approximate surface area is 210 Å². The van der Waals surface area contributed by atoms with Gasteiger partial charge in [-0.1, -0.05) is 42.5 Å². The maximum atomic E-state index is 12.9. The Balaban J connectivity index is 1.46. The molecule has 0 aliphatic heterocycles. The van der Waals surface area contributed by atoms with Gasteiger partial charge in [0, 0.05) is 49.0 Å². The van der Waals surface area contributed by atoms with Crippen LogP contribution in [-0.4, -0.2) is 31.9 Å². The number of ketones is 2. The van der Waals surface area contributed by atoms with Gasteiger partial charge in [0.1, 0.15) is 5.82 Å². The van der Waals surface area contributed by atoms with Crippen LogP contribution in [0.1, 0.15) is 45.4 Å². The van der Waals surface area contributed by atoms with Gasteiger partial charge in [-0.3, -0.25) is 14.6 Å². The van der Waals surface area contributed by atoms with Crippen molar-refractivity contribution in [3.05, 3.63) is 113 Å². The Morgan fingerprint density at radius 1 is 0.943 bits per heavy atom. The standard InChI is InChI=1S/C29H26ClN3O2/c1-19-5-6-22(16-28(35)23-9-7-21(8-10-23)15-27(34)20(2)30)14-25(19)17-29-32-13-11-26(33-29)24-4-3-12-31-18-24/h3-14,18,20H,15-17H2,1-2H3. The summed E-state index contributed by atoms with van der Waals surface area (Å²) < 4.78 is 0. The number of alkyl halides is 1. The van der Waals surface area contributed by atoms with Gasteiger partial charge in [0.25, 0.3) is 0 Å². The van der Waals surface area contributed by atoms with Crippen LogP contribution in [0.2, 0.25) is 0 Å². The van der Waals surface area contributed by atoms with Gasteiger partial charge >= 0.3 is 0 Å². The molecule has 0 saturated carbocycles. The molecule has 0 radical (unpaired) electrons. The van der Waals surface area contributed by atoms with Crippen LogP contribution in [-0.2, 0) is 24.1 Å². The molecule has 0 spiro atoms. The molecule has 0 fully saturated rings. The van der Waals surface area contributed by atoms with E-state index < -0.39 is 5.38 Å². The first kappa shape index (κ1) is 24.4. The molecular formula is C29H26ClN3O2. The molecule has 1 unspecified atom stereocenters. The number of pyridine rings is 1. The fourth-order valence-corrected chi connectivity index (χ4v) is 3.87. The largest absolute Gasteiger partial charge is 0.298 e. The lowest BCUT2D eigenvalue weighted by molar-refractivity contribution is -0.117. The minimum absolute atomic E-state index is 0.0261. The third kappa shape index (κ3) is 6.46. The smallest absolute Gasteiger partial charge is 0.167 e. The average Bonchev–Trinajstić information content (AvgIpc) is 2.87. The predicted octanol–water partition coefficient (Wildman–Crippen LogP) is 5.60. The van der Waals surface area contributed by atoms with Crippen LogP contribution in [0.4, 0.5) is 0 Å². The number of hydrogen-bond donors (Lipinski definition) is 0. The third-order valence-corrected chi connectivity index (χ3v) is 6.13. The first-order chi connectivity index (χ1) is 16.9. The molecule has 4 rings (SSSR count). The van der Waals surface area contributed by atoms with Crippen molar-refractivity contribution >= 4 is 23.2 Å². The van der Waals surface area contributed by atoms with Gasteiger partial charge in [0.05, 0.1) is 11.1 Å². The van der Waals surface area contributed by atoms with Crippen LogP contribution >= 0.6 is 11.6 Å². The molecule has 0 bridgehead atoms. The molecule has 1 atom stereocenters. The summed E-state index contributed by atoms with van der Waals surface area (Å²) in [6, 6.07) is 19.0. The monoisotopic (exact) mass is 483 g/mol. The minimum atomic E-state index is -0.518. The second-order valence-corrected chi connectivity index (χ2v) is 9.25. The summed E-state index contributed by atoms with van der Waals surface area (Å²) in [7, 11) is 0. The summed E-state index contributed by atoms with van der Waals surface area (Å²) in [5, 5.41) is -0.518. The molecule has 176 valence electrons. The van der Waals surface area contributed by atoms with E-state index in [1.807, 2.05) is 49.4 Å². The van der Waals surface area contributed by atoms with Crippen molar-refractivity contribution in [3.8, 4) is 11.3 Å². The van der Waals surface area contributed by atoms with Gasteiger partial charge in [-0.15, -0.1) is 11.6 Å². The number of halogens is 1. The van der Waals surface area contributed by atoms with E-state index in [2.05, 4.69) is 16.0 Å². The van der Waals surface area contributed by atoms with E-state index in [4.69, 9.17) is 16.6 Å². The van der Waals surface area contributed by atoms with E-state index in [-0.39, 0.29) is 18.0 Å². The number of aryl methyl sites for hydroxylation is 1. The Morgan fingerprint density at radius 2 is 1.71 bits per heavy atom. The number of rotatable bonds is 9. The summed E-state index contributed by atoms with van der Waals surface area (Å²) in [6.45, 7) is 3.72. The predicted molar refractivity (Wildman–Crippen MR) is 138 cm³/mol. The second-order valence-electron chi connectivity index (χ2n) is 8.59. The lowest BCUT2D eigenvalue weighted by Crippen LogP contribution is -2.13. The summed E-state index contributed by atoms with van der Waals surface area (Å²) in [5.41, 5.74) is 6.40. The number of carbonyl (C=O) groups excluding carboxylic acids is 2. The van der Waals surface area contributed by atoms with Gasteiger partial charge in [0.15, 0.2) is 11.6 Å². The van der Waals surface area contributed by atoms with Crippen LogP contribution in [0.5, 0.6) is 0 Å². The molecular weight excluding hydrogens is 458 g/mol. The topological polar surface area (TPSA) is 72.8 Å². The van der Waals surface area contributed by atoms with E-state index in [0.29, 0.717) is 24.2 Å². The zero-order valence-electron chi connectivity index (χ0n) is 19.7. The van der Waals surface area contributed by atoms with Gasteiger partial charge in [0.2, 0.25) is 0 Å². The van der Waals surface area contributed by atoms with Crippen LogP contribution in [0.15, 0.2) is 79.3 Å². The Hall–Kier alpha value is -3.70. The number of aromatic nitrogens is 3. The van der Waals surface area contributed by atoms with Crippen molar-refractivity contribution in [2.45, 2.75) is 38.5 Å². The highest BCUT2D eigenvalue weighted by Crippen LogP contribution is 2.19. The number of carbonyl (C=O) groups is 2. The van der Waals surface area contributed by atoms with Gasteiger partial charge in [-0.2, -0.15) is 0 Å². The summed E-state index contributed by atoms with van der Waals surface area (Å²) in [4.78, 5) is 38.1. The van der Waals surface area contributed by atoms with Gasteiger partial charge in [-0.25, -0.2) is 9.97 Å². The molecule has 5 nitrogen and oxygen atoms in total. The molecule has 0 aliphatic carbocycles. The molecule has 0 aliphatic rings. The summed E-state index contributed by atoms with van der Waals surface area (Å²) in [6.07, 6.45) is 6.42. The molecule has 35 heavy (non-hydrogen) atoms. The number of nitrogens with zero attached hydrogens (tertiary/aromatic N) is 3. The normalized spacial score (nSPS) is 11.7. The number of Topliss-reactive ketones (excluding diaryl/α,β-unsaturated/α-hetero) is 2. The van der Waals surface area contributed by atoms with Crippen LogP contribution in [0, 0.1) is 6.92 Å². The fraction of sp³-hybridized carbons (Fsp3) is 0.207. The maximum absolute atomic E-state index is 12.9. The first-order valence-corrected chi connectivity index (χ1v) is 11.9. The number of hydrogen-bond acceptors (Lipinski definition) is 5. The summed E-state index contributed by atoms with van der Waals surface area (Å²) in [5.74, 6) is 0.709. The molecule has 2 aromatic carbocycles. The van der Waals surface area contributed by atoms with Crippen molar-refractivity contribution in [2.24, 2.45) is 0 Å². The summed E-state index contributed by atoms with van der Waals surface area (Å²) >= 11 is 5.85. The van der Waals surface area contributed by atoms with Crippen LogP contribution in [0.25, 0.3) is 11.3 Å². The molecule has 0 N–H and O–H groups in total. The van der Waals surface area contributed by atoms with E-state index in [1.54, 1.807) is 37.6 Å². The molecule has 2 aromatic heterocycles.